The van der Waals surface area contributed by atoms with Gasteiger partial charge < -0.3 is 11.2 Å². The van der Waals surface area contributed by atoms with E-state index in [1.807, 2.05) is 6.92 Å². The highest BCUT2D eigenvalue weighted by Crippen LogP contribution is 2.31. The lowest BCUT2D eigenvalue weighted by Crippen LogP contribution is -2.32. The van der Waals surface area contributed by atoms with Crippen LogP contribution in [0.15, 0.2) is 23.4 Å². The summed E-state index contributed by atoms with van der Waals surface area (Å²) >= 11 is 13.4. The molecule has 1 aromatic carbocycles. The zero-order valence-electron chi connectivity index (χ0n) is 12.3. The molecule has 1 fully saturated rings. The minimum absolute atomic E-state index is 0.0252. The number of rotatable bonds is 5. The molecule has 6 nitrogen and oxygen atoms in total. The molecule has 1 heterocycles. The van der Waals surface area contributed by atoms with Gasteiger partial charge in [0.2, 0.25) is 11.1 Å². The van der Waals surface area contributed by atoms with Crippen LogP contribution in [0.4, 0.5) is 0 Å². The maximum absolute atomic E-state index is 12.0. The van der Waals surface area contributed by atoms with Crippen molar-refractivity contribution < 1.29 is 4.79 Å². The average Bonchev–Trinajstić information content (AvgIpc) is 3.26. The zero-order chi connectivity index (χ0) is 16.6. The van der Waals surface area contributed by atoms with Crippen molar-refractivity contribution in [2.75, 3.05) is 5.84 Å². The lowest BCUT2D eigenvalue weighted by Gasteiger charge is -2.11. The van der Waals surface area contributed by atoms with Gasteiger partial charge in [-0.25, -0.2) is 4.68 Å². The van der Waals surface area contributed by atoms with Crippen molar-refractivity contribution in [2.45, 2.75) is 36.2 Å². The van der Waals surface area contributed by atoms with Crippen molar-refractivity contribution >= 4 is 40.9 Å². The van der Waals surface area contributed by atoms with E-state index in [2.05, 4.69) is 15.5 Å². The van der Waals surface area contributed by atoms with Crippen LogP contribution < -0.4 is 11.2 Å². The van der Waals surface area contributed by atoms with Crippen LogP contribution in [0.25, 0.3) is 11.4 Å². The van der Waals surface area contributed by atoms with Crippen LogP contribution in [0.3, 0.4) is 0 Å². The highest BCUT2D eigenvalue weighted by atomic mass is 35.5. The normalized spacial score (nSPS) is 15.4. The van der Waals surface area contributed by atoms with Gasteiger partial charge in [-0.15, -0.1) is 10.2 Å². The van der Waals surface area contributed by atoms with Gasteiger partial charge in [-0.1, -0.05) is 35.0 Å². The molecule has 9 heteroatoms. The largest absolute Gasteiger partial charge is 0.352 e. The maximum Gasteiger partial charge on any atom is 0.233 e. The second-order valence-corrected chi connectivity index (χ2v) is 7.49. The summed E-state index contributed by atoms with van der Waals surface area (Å²) in [5.74, 6) is 6.43. The Labute approximate surface area is 147 Å². The van der Waals surface area contributed by atoms with Crippen LogP contribution in [0, 0.1) is 0 Å². The first kappa shape index (κ1) is 16.4. The molecule has 1 aromatic heterocycles. The Morgan fingerprint density at radius 1 is 1.43 bits per heavy atom. The molecular formula is C14H15Cl2N5OS. The molecule has 0 bridgehead atoms. The van der Waals surface area contributed by atoms with E-state index in [-0.39, 0.29) is 11.2 Å². The summed E-state index contributed by atoms with van der Waals surface area (Å²) in [7, 11) is 0. The molecule has 0 saturated heterocycles. The quantitative estimate of drug-likeness (QED) is 0.623. The number of benzene rings is 1. The fourth-order valence-electron chi connectivity index (χ4n) is 1.97. The van der Waals surface area contributed by atoms with E-state index in [1.165, 1.54) is 16.4 Å². The lowest BCUT2D eigenvalue weighted by molar-refractivity contribution is -0.120. The number of nitrogens with two attached hydrogens (primary N) is 1. The number of amides is 1. The number of hydrogen-bond acceptors (Lipinski definition) is 5. The second-order valence-electron chi connectivity index (χ2n) is 5.34. The topological polar surface area (TPSA) is 85.8 Å². The molecule has 0 aliphatic heterocycles. The van der Waals surface area contributed by atoms with Crippen LogP contribution in [-0.4, -0.2) is 32.1 Å². The molecule has 1 atom stereocenters. The highest BCUT2D eigenvalue weighted by molar-refractivity contribution is 8.00. The van der Waals surface area contributed by atoms with Crippen molar-refractivity contribution in [3.63, 3.8) is 0 Å². The fourth-order valence-corrected chi connectivity index (χ4v) is 3.12. The van der Waals surface area contributed by atoms with Gasteiger partial charge in [0.15, 0.2) is 5.82 Å². The minimum atomic E-state index is -0.315. The Bertz CT molecular complexity index is 747. The summed E-state index contributed by atoms with van der Waals surface area (Å²) in [4.78, 5) is 12.0. The van der Waals surface area contributed by atoms with E-state index in [1.54, 1.807) is 18.2 Å². The van der Waals surface area contributed by atoms with E-state index in [9.17, 15) is 4.79 Å². The van der Waals surface area contributed by atoms with Gasteiger partial charge in [0.25, 0.3) is 0 Å². The van der Waals surface area contributed by atoms with Gasteiger partial charge in [-0.3, -0.25) is 4.79 Å². The summed E-state index contributed by atoms with van der Waals surface area (Å²) in [5, 5.41) is 12.2. The summed E-state index contributed by atoms with van der Waals surface area (Å²) in [6, 6.07) is 5.36. The molecule has 122 valence electrons. The third-order valence-corrected chi connectivity index (χ3v) is 5.03. The van der Waals surface area contributed by atoms with E-state index >= 15 is 0 Å². The Kier molecular flexibility index (Phi) is 4.70. The first-order valence-electron chi connectivity index (χ1n) is 7.08. The van der Waals surface area contributed by atoms with Gasteiger partial charge in [-0.2, -0.15) is 0 Å². The van der Waals surface area contributed by atoms with E-state index in [4.69, 9.17) is 29.0 Å². The standard InChI is InChI=1S/C14H15Cl2N5OS/c1-7(13(22)18-9-3-4-9)23-14-20-19-12(21(14)17)10-6-8(15)2-5-11(10)16/h2,5-7,9H,3-4,17H2,1H3,(H,18,22)/t7-/m1/s1. The van der Waals surface area contributed by atoms with Gasteiger partial charge in [0, 0.05) is 16.6 Å². The number of halogens is 2. The van der Waals surface area contributed by atoms with Crippen molar-refractivity contribution in [3.8, 4) is 11.4 Å². The van der Waals surface area contributed by atoms with Crippen LogP contribution in [0.1, 0.15) is 19.8 Å². The number of nitrogens with one attached hydrogen (secondary N) is 1. The van der Waals surface area contributed by atoms with Crippen molar-refractivity contribution in [2.24, 2.45) is 0 Å². The Hall–Kier alpha value is -1.44. The SMILES string of the molecule is C[C@@H](Sc1nnc(-c2cc(Cl)ccc2Cl)n1N)C(=O)NC1CC1. The molecule has 0 radical (unpaired) electrons. The number of thioether (sulfide) groups is 1. The second kappa shape index (κ2) is 6.59. The molecule has 1 amide bonds. The highest BCUT2D eigenvalue weighted by Gasteiger charge is 2.27. The van der Waals surface area contributed by atoms with Crippen LogP contribution >= 0.6 is 35.0 Å². The predicted molar refractivity (Wildman–Crippen MR) is 92.1 cm³/mol. The Morgan fingerprint density at radius 3 is 2.87 bits per heavy atom. The number of carbonyl (C=O) groups is 1. The van der Waals surface area contributed by atoms with Crippen LogP contribution in [-0.2, 0) is 4.79 Å². The molecule has 1 aliphatic carbocycles. The first-order chi connectivity index (χ1) is 11.0. The molecule has 3 rings (SSSR count). The van der Waals surface area contributed by atoms with Gasteiger partial charge in [0.1, 0.15) is 0 Å². The summed E-state index contributed by atoms with van der Waals surface area (Å²) in [5.41, 5.74) is 0.594. The molecule has 0 unspecified atom stereocenters. The monoisotopic (exact) mass is 371 g/mol. The number of nitrogens with zero attached hydrogens (tertiary/aromatic N) is 3. The predicted octanol–water partition coefficient (Wildman–Crippen LogP) is 2.72. The summed E-state index contributed by atoms with van der Waals surface area (Å²) in [6.07, 6.45) is 2.10. The molecule has 2 aromatic rings. The average molecular weight is 372 g/mol. The molecule has 1 aliphatic rings. The molecular weight excluding hydrogens is 357 g/mol. The zero-order valence-corrected chi connectivity index (χ0v) is 14.6. The molecule has 23 heavy (non-hydrogen) atoms. The number of nitrogen functional groups attached to an aromatic ring is 1. The van der Waals surface area contributed by atoms with Crippen LogP contribution in [0.5, 0.6) is 0 Å². The van der Waals surface area contributed by atoms with Gasteiger partial charge in [0.05, 0.1) is 10.3 Å². The number of aromatic nitrogens is 3. The van der Waals surface area contributed by atoms with Crippen molar-refractivity contribution in [1.82, 2.24) is 20.2 Å². The minimum Gasteiger partial charge on any atom is -0.352 e. The van der Waals surface area contributed by atoms with Gasteiger partial charge >= 0.3 is 0 Å². The molecule has 0 spiro atoms. The van der Waals surface area contributed by atoms with Crippen LogP contribution in [0.2, 0.25) is 10.0 Å². The summed E-state index contributed by atoms with van der Waals surface area (Å²) in [6.45, 7) is 1.81. The first-order valence-corrected chi connectivity index (χ1v) is 8.72. The van der Waals surface area contributed by atoms with E-state index < -0.39 is 0 Å². The Balaban J connectivity index is 1.78. The summed E-state index contributed by atoms with van der Waals surface area (Å²) < 4.78 is 1.32. The van der Waals surface area contributed by atoms with Crippen molar-refractivity contribution in [3.05, 3.63) is 28.2 Å². The number of carbonyl (C=O) groups excluding carboxylic acids is 1. The number of hydrogen-bond donors (Lipinski definition) is 2. The van der Waals surface area contributed by atoms with E-state index in [0.29, 0.717) is 32.6 Å². The Morgan fingerprint density at radius 2 is 2.17 bits per heavy atom. The lowest BCUT2D eigenvalue weighted by atomic mass is 10.2. The smallest absolute Gasteiger partial charge is 0.233 e. The maximum atomic E-state index is 12.0. The van der Waals surface area contributed by atoms with Gasteiger partial charge in [-0.05, 0) is 38.0 Å². The van der Waals surface area contributed by atoms with E-state index in [0.717, 1.165) is 12.8 Å². The third-order valence-electron chi connectivity index (χ3n) is 3.41. The van der Waals surface area contributed by atoms with Crippen molar-refractivity contribution in [1.29, 1.82) is 0 Å². The third kappa shape index (κ3) is 3.73. The molecule has 1 saturated carbocycles. The molecule has 3 N–H and O–H groups in total. The fraction of sp³-hybridized carbons (Fsp3) is 0.357.